The Balaban J connectivity index is 0.000000636. The van der Waals surface area contributed by atoms with Crippen molar-refractivity contribution >= 4 is 12.6 Å². The highest BCUT2D eigenvalue weighted by Gasteiger charge is 2.67. The lowest BCUT2D eigenvalue weighted by Crippen LogP contribution is -2.65. The Labute approximate surface area is 129 Å². The van der Waals surface area contributed by atoms with Crippen LogP contribution in [0.4, 0.5) is 0 Å². The number of hydrogen-bond donors (Lipinski definition) is 0. The second-order valence-corrected chi connectivity index (χ2v) is 7.21. The van der Waals surface area contributed by atoms with E-state index in [9.17, 15) is 0 Å². The summed E-state index contributed by atoms with van der Waals surface area (Å²) in [5, 5.41) is 0. The van der Waals surface area contributed by atoms with Crippen LogP contribution in [0.2, 0.25) is 0 Å². The fourth-order valence-corrected chi connectivity index (χ4v) is 4.62. The van der Waals surface area contributed by atoms with Gasteiger partial charge in [0.2, 0.25) is 0 Å². The fourth-order valence-electron chi connectivity index (χ4n) is 4.62. The van der Waals surface area contributed by atoms with E-state index in [1.807, 2.05) is 19.9 Å². The highest BCUT2D eigenvalue weighted by Crippen LogP contribution is 2.65. The molecule has 114 valence electrons. The first-order valence-corrected chi connectivity index (χ1v) is 8.40. The van der Waals surface area contributed by atoms with Gasteiger partial charge in [0, 0.05) is 0 Å². The summed E-state index contributed by atoms with van der Waals surface area (Å²) in [6.07, 6.45) is 2.74. The van der Waals surface area contributed by atoms with Gasteiger partial charge in [-0.2, -0.15) is 0 Å². The van der Waals surface area contributed by atoms with Gasteiger partial charge in [-0.25, -0.2) is 0 Å². The summed E-state index contributed by atoms with van der Waals surface area (Å²) in [5.74, 6) is 1.45. The van der Waals surface area contributed by atoms with Gasteiger partial charge in [-0.1, -0.05) is 58.0 Å². The molecular formula is C18H27BO2. The molecule has 0 N–H and O–H groups in total. The molecule has 0 spiro atoms. The molecule has 0 radical (unpaired) electrons. The number of hydrogen-bond acceptors (Lipinski definition) is 2. The third kappa shape index (κ3) is 2.09. The molecule has 3 saturated carbocycles. The summed E-state index contributed by atoms with van der Waals surface area (Å²) in [4.78, 5) is 0. The summed E-state index contributed by atoms with van der Waals surface area (Å²) >= 11 is 0. The van der Waals surface area contributed by atoms with Gasteiger partial charge in [0.15, 0.2) is 0 Å². The van der Waals surface area contributed by atoms with Gasteiger partial charge in [-0.3, -0.25) is 0 Å². The Kier molecular flexibility index (Phi) is 3.70. The minimum Gasteiger partial charge on any atom is -0.402 e. The average molecular weight is 286 g/mol. The van der Waals surface area contributed by atoms with Crippen molar-refractivity contribution in [2.24, 2.45) is 17.3 Å². The summed E-state index contributed by atoms with van der Waals surface area (Å²) in [6, 6.07) is 10.3. The first-order chi connectivity index (χ1) is 10.0. The maximum atomic E-state index is 6.40. The minimum absolute atomic E-state index is 0.0985. The van der Waals surface area contributed by atoms with Gasteiger partial charge in [0.05, 0.1) is 11.7 Å². The molecule has 5 rings (SSSR count). The molecule has 1 saturated heterocycles. The molecule has 4 aliphatic rings. The highest BCUT2D eigenvalue weighted by atomic mass is 16.7. The molecular weight excluding hydrogens is 259 g/mol. The third-order valence-electron chi connectivity index (χ3n) is 6.02. The van der Waals surface area contributed by atoms with E-state index in [2.05, 4.69) is 45.0 Å². The van der Waals surface area contributed by atoms with Crippen LogP contribution < -0.4 is 5.46 Å². The van der Waals surface area contributed by atoms with Crippen molar-refractivity contribution < 1.29 is 9.31 Å². The minimum atomic E-state index is -0.175. The van der Waals surface area contributed by atoms with Gasteiger partial charge in [0.25, 0.3) is 0 Å². The zero-order valence-corrected chi connectivity index (χ0v) is 13.9. The summed E-state index contributed by atoms with van der Waals surface area (Å²) < 4.78 is 12.6. The molecule has 1 unspecified atom stereocenters. The van der Waals surface area contributed by atoms with Crippen LogP contribution in [0.1, 0.15) is 47.5 Å². The topological polar surface area (TPSA) is 18.5 Å². The van der Waals surface area contributed by atoms with E-state index in [1.54, 1.807) is 0 Å². The van der Waals surface area contributed by atoms with E-state index in [0.717, 1.165) is 17.8 Å². The summed E-state index contributed by atoms with van der Waals surface area (Å²) in [7, 11) is -0.175. The van der Waals surface area contributed by atoms with E-state index < -0.39 is 0 Å². The first-order valence-electron chi connectivity index (χ1n) is 8.40. The quantitative estimate of drug-likeness (QED) is 0.734. The molecule has 3 heteroatoms. The van der Waals surface area contributed by atoms with Crippen molar-refractivity contribution in [1.82, 2.24) is 0 Å². The molecule has 4 atom stereocenters. The molecule has 1 aromatic carbocycles. The lowest BCUT2D eigenvalue weighted by Gasteiger charge is -2.64. The maximum Gasteiger partial charge on any atom is 0.494 e. The van der Waals surface area contributed by atoms with E-state index >= 15 is 0 Å². The van der Waals surface area contributed by atoms with Crippen LogP contribution in [0.5, 0.6) is 0 Å². The molecule has 1 aliphatic heterocycles. The van der Waals surface area contributed by atoms with E-state index in [1.165, 1.54) is 6.42 Å². The standard InChI is InChI=1S/C16H21BO2.C2H6/c1-15(2)11-9-13(15)16(3)14(10-11)18-17(19-16)12-7-5-4-6-8-12;1-2/h4-8,11,13-14H,9-10H2,1-3H3;1-2H3/t11?,13-,14+,16-;/m1./s1. The smallest absolute Gasteiger partial charge is 0.402 e. The second-order valence-electron chi connectivity index (χ2n) is 7.21. The molecule has 4 fully saturated rings. The fraction of sp³-hybridized carbons (Fsp3) is 0.667. The van der Waals surface area contributed by atoms with E-state index in [0.29, 0.717) is 11.3 Å². The average Bonchev–Trinajstić information content (AvgIpc) is 2.87. The lowest BCUT2D eigenvalue weighted by molar-refractivity contribution is -0.199. The van der Waals surface area contributed by atoms with Crippen molar-refractivity contribution in [3.05, 3.63) is 30.3 Å². The van der Waals surface area contributed by atoms with Crippen LogP contribution in [0.25, 0.3) is 0 Å². The Morgan fingerprint density at radius 1 is 1.05 bits per heavy atom. The van der Waals surface area contributed by atoms with Crippen LogP contribution in [-0.4, -0.2) is 18.8 Å². The monoisotopic (exact) mass is 286 g/mol. The summed E-state index contributed by atoms with van der Waals surface area (Å²) in [6.45, 7) is 11.1. The van der Waals surface area contributed by atoms with Gasteiger partial charge in [0.1, 0.15) is 0 Å². The Bertz CT molecular complexity index is 501. The van der Waals surface area contributed by atoms with Crippen molar-refractivity contribution in [2.75, 3.05) is 0 Å². The van der Waals surface area contributed by atoms with E-state index in [-0.39, 0.29) is 18.8 Å². The first kappa shape index (κ1) is 15.1. The zero-order chi connectivity index (χ0) is 15.3. The van der Waals surface area contributed by atoms with E-state index in [4.69, 9.17) is 9.31 Å². The molecule has 0 amide bonds. The van der Waals surface area contributed by atoms with Crippen molar-refractivity contribution in [2.45, 2.75) is 59.2 Å². The number of rotatable bonds is 1. The third-order valence-corrected chi connectivity index (χ3v) is 6.02. The van der Waals surface area contributed by atoms with Crippen LogP contribution in [-0.2, 0) is 9.31 Å². The number of benzene rings is 1. The van der Waals surface area contributed by atoms with Gasteiger partial charge >= 0.3 is 7.12 Å². The Morgan fingerprint density at radius 3 is 2.33 bits per heavy atom. The Morgan fingerprint density at radius 2 is 1.71 bits per heavy atom. The van der Waals surface area contributed by atoms with Crippen LogP contribution in [0.3, 0.4) is 0 Å². The zero-order valence-electron chi connectivity index (χ0n) is 13.9. The van der Waals surface area contributed by atoms with Crippen molar-refractivity contribution in [3.8, 4) is 0 Å². The van der Waals surface area contributed by atoms with Crippen molar-refractivity contribution in [1.29, 1.82) is 0 Å². The normalized spacial score (nSPS) is 38.9. The van der Waals surface area contributed by atoms with Gasteiger partial charge in [-0.05, 0) is 42.5 Å². The van der Waals surface area contributed by atoms with Gasteiger partial charge < -0.3 is 9.31 Å². The summed E-state index contributed by atoms with van der Waals surface area (Å²) in [5.41, 5.74) is 1.46. The molecule has 21 heavy (non-hydrogen) atoms. The largest absolute Gasteiger partial charge is 0.494 e. The molecule has 2 nitrogen and oxygen atoms in total. The maximum absolute atomic E-state index is 6.40. The molecule has 2 bridgehead atoms. The Hall–Kier alpha value is -0.795. The van der Waals surface area contributed by atoms with Crippen molar-refractivity contribution in [3.63, 3.8) is 0 Å². The SMILES string of the molecule is CC.CC1(C)C2C[C@@H]3OB(c4ccccc4)O[C@]3(C)[C@@H]1C2. The lowest BCUT2D eigenvalue weighted by atomic mass is 9.43. The molecule has 1 heterocycles. The highest BCUT2D eigenvalue weighted by molar-refractivity contribution is 6.62. The van der Waals surface area contributed by atoms with Crippen LogP contribution in [0, 0.1) is 17.3 Å². The van der Waals surface area contributed by atoms with Gasteiger partial charge in [-0.15, -0.1) is 0 Å². The predicted octanol–water partition coefficient (Wildman–Crippen LogP) is 3.65. The molecule has 1 aromatic rings. The molecule has 0 aromatic heterocycles. The molecule has 3 aliphatic carbocycles. The second kappa shape index (κ2) is 5.14. The van der Waals surface area contributed by atoms with Crippen LogP contribution in [0.15, 0.2) is 30.3 Å². The van der Waals surface area contributed by atoms with Crippen LogP contribution >= 0.6 is 0 Å². The predicted molar refractivity (Wildman–Crippen MR) is 87.5 cm³/mol.